The zero-order valence-electron chi connectivity index (χ0n) is 22.8. The minimum Gasteiger partial charge on any atom is -0.385 e. The molecule has 2 aromatic carbocycles. The average molecular weight is 587 g/mol. The van der Waals surface area contributed by atoms with Crippen LogP contribution in [0.4, 0.5) is 17.3 Å². The molecule has 4 heterocycles. The number of piperidine rings is 1. The zero-order chi connectivity index (χ0) is 29.3. The molecule has 6 rings (SSSR count). The Hall–Kier alpha value is -4.84. The van der Waals surface area contributed by atoms with Crippen LogP contribution in [-0.4, -0.2) is 69.3 Å². The van der Waals surface area contributed by atoms with Crippen molar-refractivity contribution in [1.82, 2.24) is 30.5 Å². The number of nitrogens with zero attached hydrogens (tertiary/aromatic N) is 4. The van der Waals surface area contributed by atoms with Crippen LogP contribution in [0.1, 0.15) is 39.3 Å². The normalized spacial score (nSPS) is 15.8. The van der Waals surface area contributed by atoms with Gasteiger partial charge in [-0.15, -0.1) is 0 Å². The molecule has 1 fully saturated rings. The summed E-state index contributed by atoms with van der Waals surface area (Å²) in [5.41, 5.74) is 14.8. The van der Waals surface area contributed by atoms with Gasteiger partial charge in [-0.05, 0) is 49.1 Å². The number of H-pyrrole nitrogens is 1. The molecular weight excluding hydrogens is 556 g/mol. The van der Waals surface area contributed by atoms with Crippen LogP contribution in [0, 0.1) is 0 Å². The van der Waals surface area contributed by atoms with Gasteiger partial charge in [-0.3, -0.25) is 19.9 Å². The first-order valence-electron chi connectivity index (χ1n) is 13.7. The molecule has 13 heteroatoms. The molecule has 216 valence electrons. The maximum absolute atomic E-state index is 13.4. The minimum atomic E-state index is -0.590. The summed E-state index contributed by atoms with van der Waals surface area (Å²) in [4.78, 5) is 43.5. The average Bonchev–Trinajstić information content (AvgIpc) is 3.59. The molecule has 0 bridgehead atoms. The van der Waals surface area contributed by atoms with Crippen molar-refractivity contribution in [1.29, 1.82) is 0 Å². The van der Waals surface area contributed by atoms with Crippen LogP contribution in [0.3, 0.4) is 0 Å². The molecule has 1 spiro atoms. The Kier molecular flexibility index (Phi) is 7.29. The molecule has 2 aromatic heterocycles. The number of nitrogen functional groups attached to an aromatic ring is 2. The lowest BCUT2D eigenvalue weighted by Crippen LogP contribution is -2.57. The van der Waals surface area contributed by atoms with E-state index in [1.54, 1.807) is 0 Å². The molecule has 1 saturated heterocycles. The Labute approximate surface area is 246 Å². The molecule has 2 aliphatic heterocycles. The summed E-state index contributed by atoms with van der Waals surface area (Å²) in [6.07, 6.45) is 4.28. The smallest absolute Gasteiger partial charge is 0.280 e. The largest absolute Gasteiger partial charge is 0.385 e. The Bertz CT molecular complexity index is 1690. The van der Waals surface area contributed by atoms with Crippen LogP contribution >= 0.6 is 11.6 Å². The third-order valence-electron chi connectivity index (χ3n) is 7.79. The fraction of sp³-hybridized carbons (Fsp3) is 0.276. The second kappa shape index (κ2) is 11.2. The molecule has 0 aliphatic carbocycles. The summed E-state index contributed by atoms with van der Waals surface area (Å²) in [5.74, 6) is -0.449. The topological polar surface area (TPSA) is 179 Å². The van der Waals surface area contributed by atoms with Gasteiger partial charge in [0.1, 0.15) is 0 Å². The number of aromatic nitrogens is 3. The fourth-order valence-corrected chi connectivity index (χ4v) is 5.58. The number of halogens is 1. The molecule has 2 aliphatic rings. The Morgan fingerprint density at radius 2 is 1.86 bits per heavy atom. The molecule has 4 aromatic rings. The Balaban J connectivity index is 1.01. The van der Waals surface area contributed by atoms with Crippen molar-refractivity contribution >= 4 is 57.6 Å². The summed E-state index contributed by atoms with van der Waals surface area (Å²) in [5, 5.41) is 10.6. The number of anilines is 3. The molecule has 42 heavy (non-hydrogen) atoms. The van der Waals surface area contributed by atoms with Gasteiger partial charge >= 0.3 is 0 Å². The van der Waals surface area contributed by atoms with E-state index < -0.39 is 5.91 Å². The van der Waals surface area contributed by atoms with E-state index >= 15 is 0 Å². The summed E-state index contributed by atoms with van der Waals surface area (Å²) in [6.45, 7) is 2.35. The van der Waals surface area contributed by atoms with E-state index in [1.807, 2.05) is 41.3 Å². The number of aliphatic imine (C=N–C) groups is 1. The number of nitrogens with two attached hydrogens (primary N) is 2. The molecule has 0 saturated carbocycles. The van der Waals surface area contributed by atoms with E-state index in [-0.39, 0.29) is 33.9 Å². The van der Waals surface area contributed by atoms with E-state index in [0.717, 1.165) is 24.2 Å². The van der Waals surface area contributed by atoms with Crippen molar-refractivity contribution in [3.05, 3.63) is 76.7 Å². The van der Waals surface area contributed by atoms with E-state index in [9.17, 15) is 9.59 Å². The number of guanidine groups is 1. The first-order chi connectivity index (χ1) is 20.3. The van der Waals surface area contributed by atoms with Gasteiger partial charge in [0.2, 0.25) is 0 Å². The Morgan fingerprint density at radius 3 is 2.69 bits per heavy atom. The van der Waals surface area contributed by atoms with Crippen LogP contribution in [-0.2, 0) is 6.42 Å². The molecule has 0 unspecified atom stereocenters. The zero-order valence-corrected chi connectivity index (χ0v) is 23.5. The third-order valence-corrected chi connectivity index (χ3v) is 8.07. The highest BCUT2D eigenvalue weighted by molar-refractivity contribution is 6.31. The maximum atomic E-state index is 13.4. The Morgan fingerprint density at radius 1 is 1.05 bits per heavy atom. The number of likely N-dealkylation sites (tertiary alicyclic amines) is 1. The van der Waals surface area contributed by atoms with Crippen molar-refractivity contribution in [3.8, 4) is 0 Å². The third kappa shape index (κ3) is 5.53. The number of aromatic amines is 1. The number of benzene rings is 2. The lowest BCUT2D eigenvalue weighted by atomic mass is 9.88. The maximum Gasteiger partial charge on any atom is 0.280 e. The number of rotatable bonds is 6. The van der Waals surface area contributed by atoms with E-state index in [1.165, 1.54) is 10.9 Å². The first kappa shape index (κ1) is 27.3. The molecule has 12 nitrogen and oxygen atoms in total. The SMILES string of the molecule is Nc1nc(N)c(C(=O)NC2=NCC3(CCN(C(=O)c4cccc(NCCc5c[nH]c6ccccc56)c4)CC3)N2)nc1Cl. The minimum absolute atomic E-state index is 0.00755. The summed E-state index contributed by atoms with van der Waals surface area (Å²) in [6, 6.07) is 15.9. The first-order valence-corrected chi connectivity index (χ1v) is 14.1. The van der Waals surface area contributed by atoms with E-state index in [2.05, 4.69) is 54.2 Å². The van der Waals surface area contributed by atoms with Gasteiger partial charge in [-0.2, -0.15) is 0 Å². The van der Waals surface area contributed by atoms with Crippen molar-refractivity contribution in [2.24, 2.45) is 4.99 Å². The van der Waals surface area contributed by atoms with Gasteiger partial charge in [0.25, 0.3) is 11.8 Å². The van der Waals surface area contributed by atoms with Gasteiger partial charge in [0.15, 0.2) is 28.4 Å². The van der Waals surface area contributed by atoms with Crippen LogP contribution in [0.25, 0.3) is 10.9 Å². The second-order valence-electron chi connectivity index (χ2n) is 10.6. The lowest BCUT2D eigenvalue weighted by molar-refractivity contribution is 0.0668. The monoisotopic (exact) mass is 586 g/mol. The van der Waals surface area contributed by atoms with Crippen LogP contribution in [0.15, 0.2) is 59.7 Å². The highest BCUT2D eigenvalue weighted by Crippen LogP contribution is 2.27. The number of carbonyl (C=O) groups is 2. The number of hydrogen-bond donors (Lipinski definition) is 6. The molecule has 0 atom stereocenters. The van der Waals surface area contributed by atoms with E-state index in [4.69, 9.17) is 23.1 Å². The van der Waals surface area contributed by atoms with Crippen molar-refractivity contribution in [3.63, 3.8) is 0 Å². The predicted molar refractivity (Wildman–Crippen MR) is 164 cm³/mol. The molecular formula is C29H31ClN10O2. The number of fused-ring (bicyclic) bond motifs is 1. The quantitative estimate of drug-likeness (QED) is 0.199. The van der Waals surface area contributed by atoms with Gasteiger partial charge in [0, 0.05) is 48.0 Å². The summed E-state index contributed by atoms with van der Waals surface area (Å²) >= 11 is 5.90. The summed E-state index contributed by atoms with van der Waals surface area (Å²) in [7, 11) is 0. The van der Waals surface area contributed by atoms with Gasteiger partial charge in [-0.1, -0.05) is 35.9 Å². The van der Waals surface area contributed by atoms with Crippen molar-refractivity contribution in [2.75, 3.05) is 43.0 Å². The van der Waals surface area contributed by atoms with Gasteiger partial charge < -0.3 is 32.0 Å². The number of carbonyl (C=O) groups excluding carboxylic acids is 2. The van der Waals surface area contributed by atoms with Crippen molar-refractivity contribution < 1.29 is 9.59 Å². The molecule has 2 amide bonds. The highest BCUT2D eigenvalue weighted by Gasteiger charge is 2.40. The number of para-hydroxylation sites is 1. The van der Waals surface area contributed by atoms with Crippen LogP contribution < -0.4 is 27.4 Å². The summed E-state index contributed by atoms with van der Waals surface area (Å²) < 4.78 is 0. The van der Waals surface area contributed by atoms with Crippen LogP contribution in [0.2, 0.25) is 5.15 Å². The highest BCUT2D eigenvalue weighted by atomic mass is 35.5. The predicted octanol–water partition coefficient (Wildman–Crippen LogP) is 2.79. The fourth-order valence-electron chi connectivity index (χ4n) is 5.45. The lowest BCUT2D eigenvalue weighted by Gasteiger charge is -2.39. The van der Waals surface area contributed by atoms with Crippen LogP contribution in [0.5, 0.6) is 0 Å². The van der Waals surface area contributed by atoms with Gasteiger partial charge in [-0.25, -0.2) is 9.97 Å². The number of hydrogen-bond acceptors (Lipinski definition) is 9. The number of nitrogens with one attached hydrogen (secondary N) is 4. The molecule has 8 N–H and O–H groups in total. The van der Waals surface area contributed by atoms with E-state index in [0.29, 0.717) is 44.0 Å². The van der Waals surface area contributed by atoms with Crippen molar-refractivity contribution in [2.45, 2.75) is 24.8 Å². The molecule has 0 radical (unpaired) electrons. The second-order valence-corrected chi connectivity index (χ2v) is 10.9. The standard InChI is InChI=1S/C29H31ClN10O2/c30-23-25(32)37-24(31)22(36-23)26(41)38-28-35-16-29(39-28)9-12-40(13-10-29)27(42)17-4-3-5-19(14-17)33-11-8-18-15-34-21-7-2-1-6-20(18)21/h1-7,14-15,33-34H,8-13,16H2,(H4,31,32,37)(H2,35,38,39,41). The van der Waals surface area contributed by atoms with Gasteiger partial charge in [0.05, 0.1) is 12.1 Å². The number of amides is 2.